The van der Waals surface area contributed by atoms with Gasteiger partial charge in [-0.15, -0.1) is 24.0 Å². The highest BCUT2D eigenvalue weighted by Gasteiger charge is 2.26. The van der Waals surface area contributed by atoms with Crippen LogP contribution in [0.4, 0.5) is 0 Å². The molecule has 2 rings (SSSR count). The fourth-order valence-electron chi connectivity index (χ4n) is 2.42. The SMILES string of the molecule is CCNC(=NCC(C)(O)c1ccco1)NCCC(=O)NCc1ccccc1.I. The van der Waals surface area contributed by atoms with Gasteiger partial charge in [-0.25, -0.2) is 4.99 Å². The number of aliphatic imine (C=N–C) groups is 1. The third-order valence-corrected chi connectivity index (χ3v) is 3.92. The van der Waals surface area contributed by atoms with Crippen molar-refractivity contribution in [3.8, 4) is 0 Å². The molecule has 28 heavy (non-hydrogen) atoms. The Morgan fingerprint density at radius 2 is 1.89 bits per heavy atom. The number of benzene rings is 1. The summed E-state index contributed by atoms with van der Waals surface area (Å²) in [5, 5.41) is 19.6. The molecule has 0 aliphatic heterocycles. The van der Waals surface area contributed by atoms with Gasteiger partial charge in [0.1, 0.15) is 11.4 Å². The smallest absolute Gasteiger partial charge is 0.222 e. The second-order valence-electron chi connectivity index (χ2n) is 6.39. The number of hydrogen-bond acceptors (Lipinski definition) is 4. The number of furan rings is 1. The van der Waals surface area contributed by atoms with Crippen molar-refractivity contribution in [1.82, 2.24) is 16.0 Å². The minimum Gasteiger partial charge on any atom is -0.466 e. The normalized spacial score (nSPS) is 13.2. The molecule has 0 aliphatic rings. The predicted octanol–water partition coefficient (Wildman–Crippen LogP) is 2.37. The van der Waals surface area contributed by atoms with E-state index in [1.807, 2.05) is 37.3 Å². The first-order valence-corrected chi connectivity index (χ1v) is 9.10. The predicted molar refractivity (Wildman–Crippen MR) is 121 cm³/mol. The zero-order chi connectivity index (χ0) is 19.5. The highest BCUT2D eigenvalue weighted by atomic mass is 127. The van der Waals surface area contributed by atoms with E-state index in [1.54, 1.807) is 19.1 Å². The van der Waals surface area contributed by atoms with Crippen molar-refractivity contribution in [1.29, 1.82) is 0 Å². The molecular weight excluding hydrogens is 471 g/mol. The summed E-state index contributed by atoms with van der Waals surface area (Å²) in [7, 11) is 0. The van der Waals surface area contributed by atoms with E-state index in [4.69, 9.17) is 4.42 Å². The van der Waals surface area contributed by atoms with Gasteiger partial charge in [0.25, 0.3) is 0 Å². The summed E-state index contributed by atoms with van der Waals surface area (Å²) in [4.78, 5) is 16.3. The molecule has 1 aromatic heterocycles. The first-order valence-electron chi connectivity index (χ1n) is 9.10. The van der Waals surface area contributed by atoms with Crippen molar-refractivity contribution in [2.75, 3.05) is 19.6 Å². The lowest BCUT2D eigenvalue weighted by Gasteiger charge is -2.19. The molecule has 0 saturated carbocycles. The number of carbonyl (C=O) groups is 1. The Morgan fingerprint density at radius 3 is 2.54 bits per heavy atom. The van der Waals surface area contributed by atoms with Gasteiger partial charge in [0.2, 0.25) is 5.91 Å². The number of hydrogen-bond donors (Lipinski definition) is 4. The van der Waals surface area contributed by atoms with Gasteiger partial charge in [0.05, 0.1) is 12.8 Å². The number of nitrogens with zero attached hydrogens (tertiary/aromatic N) is 1. The minimum atomic E-state index is -1.20. The lowest BCUT2D eigenvalue weighted by atomic mass is 10.0. The number of aliphatic hydroxyl groups is 1. The van der Waals surface area contributed by atoms with E-state index in [1.165, 1.54) is 6.26 Å². The molecule has 7 nitrogen and oxygen atoms in total. The molecule has 0 bridgehead atoms. The number of amides is 1. The topological polar surface area (TPSA) is 98.9 Å². The van der Waals surface area contributed by atoms with Gasteiger partial charge in [-0.2, -0.15) is 0 Å². The minimum absolute atomic E-state index is 0. The van der Waals surface area contributed by atoms with Crippen LogP contribution >= 0.6 is 24.0 Å². The lowest BCUT2D eigenvalue weighted by molar-refractivity contribution is -0.121. The van der Waals surface area contributed by atoms with Crippen molar-refractivity contribution >= 4 is 35.8 Å². The van der Waals surface area contributed by atoms with Crippen LogP contribution in [0.1, 0.15) is 31.6 Å². The Hall–Kier alpha value is -2.07. The molecule has 154 valence electrons. The molecule has 1 amide bonds. The third-order valence-electron chi connectivity index (χ3n) is 3.92. The zero-order valence-electron chi connectivity index (χ0n) is 16.3. The molecule has 4 N–H and O–H groups in total. The van der Waals surface area contributed by atoms with E-state index in [9.17, 15) is 9.90 Å². The van der Waals surface area contributed by atoms with E-state index in [0.717, 1.165) is 5.56 Å². The molecule has 1 heterocycles. The number of rotatable bonds is 9. The van der Waals surface area contributed by atoms with Crippen LogP contribution in [0, 0.1) is 0 Å². The molecule has 0 fully saturated rings. The van der Waals surface area contributed by atoms with Crippen molar-refractivity contribution in [3.05, 3.63) is 60.1 Å². The molecule has 0 saturated heterocycles. The molecule has 2 aromatic rings. The van der Waals surface area contributed by atoms with Gasteiger partial charge >= 0.3 is 0 Å². The van der Waals surface area contributed by atoms with Crippen LogP contribution in [0.5, 0.6) is 0 Å². The largest absolute Gasteiger partial charge is 0.466 e. The first kappa shape index (κ1) is 24.0. The quantitative estimate of drug-likeness (QED) is 0.241. The summed E-state index contributed by atoms with van der Waals surface area (Å²) in [6, 6.07) is 13.2. The number of guanidine groups is 1. The van der Waals surface area contributed by atoms with Gasteiger partial charge in [-0.05, 0) is 31.5 Å². The van der Waals surface area contributed by atoms with E-state index in [2.05, 4.69) is 20.9 Å². The summed E-state index contributed by atoms with van der Waals surface area (Å²) >= 11 is 0. The van der Waals surface area contributed by atoms with Crippen LogP contribution in [0.25, 0.3) is 0 Å². The van der Waals surface area contributed by atoms with Crippen LogP contribution in [-0.2, 0) is 16.9 Å². The molecular formula is C20H29IN4O3. The average molecular weight is 500 g/mol. The zero-order valence-corrected chi connectivity index (χ0v) is 18.6. The maximum absolute atomic E-state index is 12.0. The van der Waals surface area contributed by atoms with Gasteiger partial charge < -0.3 is 25.5 Å². The maximum atomic E-state index is 12.0. The van der Waals surface area contributed by atoms with Crippen LogP contribution in [-0.4, -0.2) is 36.6 Å². The van der Waals surface area contributed by atoms with Crippen molar-refractivity contribution in [3.63, 3.8) is 0 Å². The molecule has 1 atom stereocenters. The summed E-state index contributed by atoms with van der Waals surface area (Å²) in [5.41, 5.74) is -0.132. The van der Waals surface area contributed by atoms with E-state index < -0.39 is 5.60 Å². The number of halogens is 1. The van der Waals surface area contributed by atoms with Gasteiger partial charge in [0.15, 0.2) is 5.96 Å². The molecule has 0 spiro atoms. The first-order chi connectivity index (χ1) is 13.0. The van der Waals surface area contributed by atoms with Gasteiger partial charge in [0, 0.05) is 26.1 Å². The maximum Gasteiger partial charge on any atom is 0.222 e. The second-order valence-corrected chi connectivity index (χ2v) is 6.39. The third kappa shape index (κ3) is 8.30. The highest BCUT2D eigenvalue weighted by molar-refractivity contribution is 14.0. The Labute approximate surface area is 183 Å². The number of nitrogens with one attached hydrogen (secondary N) is 3. The molecule has 8 heteroatoms. The monoisotopic (exact) mass is 500 g/mol. The highest BCUT2D eigenvalue weighted by Crippen LogP contribution is 2.20. The van der Waals surface area contributed by atoms with E-state index in [0.29, 0.717) is 37.8 Å². The fourth-order valence-corrected chi connectivity index (χ4v) is 2.42. The Balaban J connectivity index is 0.00000392. The Bertz CT molecular complexity index is 718. The molecule has 0 radical (unpaired) electrons. The standard InChI is InChI=1S/C20H28N4O3.HI/c1-3-21-19(24-15-20(2,26)17-10-7-13-27-17)22-12-11-18(25)23-14-16-8-5-4-6-9-16;/h4-10,13,26H,3,11-12,14-15H2,1-2H3,(H,23,25)(H2,21,22,24);1H. The molecule has 1 unspecified atom stereocenters. The van der Waals surface area contributed by atoms with Crippen molar-refractivity contribution in [2.45, 2.75) is 32.4 Å². The summed E-state index contributed by atoms with van der Waals surface area (Å²) in [6.45, 7) is 5.37. The van der Waals surface area contributed by atoms with Crippen molar-refractivity contribution in [2.24, 2.45) is 4.99 Å². The van der Waals surface area contributed by atoms with Gasteiger partial charge in [-0.3, -0.25) is 4.79 Å². The second kappa shape index (κ2) is 12.4. The van der Waals surface area contributed by atoms with Crippen LogP contribution in [0.3, 0.4) is 0 Å². The molecule has 0 aliphatic carbocycles. The summed E-state index contributed by atoms with van der Waals surface area (Å²) < 4.78 is 5.25. The summed E-state index contributed by atoms with van der Waals surface area (Å²) in [6.07, 6.45) is 1.84. The lowest BCUT2D eigenvalue weighted by Crippen LogP contribution is -2.40. The Kier molecular flexibility index (Phi) is 10.6. The fraction of sp³-hybridized carbons (Fsp3) is 0.400. The van der Waals surface area contributed by atoms with Crippen LogP contribution < -0.4 is 16.0 Å². The van der Waals surface area contributed by atoms with Crippen LogP contribution in [0.2, 0.25) is 0 Å². The van der Waals surface area contributed by atoms with Crippen LogP contribution in [0.15, 0.2) is 58.1 Å². The average Bonchev–Trinajstić information content (AvgIpc) is 3.21. The van der Waals surface area contributed by atoms with Gasteiger partial charge in [-0.1, -0.05) is 30.3 Å². The van der Waals surface area contributed by atoms with Crippen molar-refractivity contribution < 1.29 is 14.3 Å². The molecule has 1 aromatic carbocycles. The number of carbonyl (C=O) groups excluding carboxylic acids is 1. The van der Waals surface area contributed by atoms with E-state index in [-0.39, 0.29) is 36.4 Å². The summed E-state index contributed by atoms with van der Waals surface area (Å²) in [5.74, 6) is 0.965. The van der Waals surface area contributed by atoms with E-state index >= 15 is 0 Å². The Morgan fingerprint density at radius 1 is 1.14 bits per heavy atom.